The van der Waals surface area contributed by atoms with E-state index < -0.39 is 7.40 Å². The molecule has 3 aliphatic rings. The molecular weight excluding hydrogens is 739 g/mol. The molecule has 1 fully saturated rings. The third kappa shape index (κ3) is 9.79. The number of rotatable bonds is 16. The number of nitrogens with one attached hydrogen (secondary N) is 2. The number of phenolic OH excluding ortho intramolecular Hbond substituents is 2. The number of halogens is 2. The van der Waals surface area contributed by atoms with E-state index in [9.17, 15) is 28.4 Å². The standard InChI is InChI=1S/C44H52BF2N7O4/c1-30(2)37-25-38(42(56)26-41(37)55)44(58)53-28-32-9-8-31(23-33(32)29-53)27-52-21-19-51(20-22-52)18-5-3-4-16-49-43(57)15-12-34-10-11-35(50-34)24-36-13-14-40(54(36)45(46)47)39-7-6-17-48-39/h6-11,13-14,17,23-26,30,48,55-56H,3-5,12,15-16,18-22,27-29H2,1-2H3,(H,49,57)/b35-24-. The van der Waals surface area contributed by atoms with Crippen LogP contribution in [0, 0.1) is 0 Å². The van der Waals surface area contributed by atoms with Crippen molar-refractivity contribution in [3.63, 3.8) is 0 Å². The minimum atomic E-state index is -2.70. The molecule has 0 aliphatic carbocycles. The average Bonchev–Trinajstić information content (AvgIpc) is 4.03. The number of aliphatic imine (C=N–C) groups is 1. The number of unbranched alkanes of at least 4 members (excludes halogenated alkanes) is 2. The van der Waals surface area contributed by atoms with Gasteiger partial charge in [-0.25, -0.2) is 0 Å². The van der Waals surface area contributed by atoms with Crippen molar-refractivity contribution in [2.24, 2.45) is 4.99 Å². The summed E-state index contributed by atoms with van der Waals surface area (Å²) in [5.41, 5.74) is 7.05. The molecule has 304 valence electrons. The lowest BCUT2D eigenvalue weighted by molar-refractivity contribution is -0.120. The highest BCUT2D eigenvalue weighted by molar-refractivity contribution is 6.42. The van der Waals surface area contributed by atoms with Crippen molar-refractivity contribution in [1.82, 2.24) is 29.5 Å². The molecule has 4 aromatic rings. The molecule has 2 aromatic heterocycles. The van der Waals surface area contributed by atoms with Crippen LogP contribution in [0.25, 0.3) is 17.5 Å². The van der Waals surface area contributed by atoms with E-state index in [2.05, 4.69) is 43.3 Å². The molecule has 0 radical (unpaired) electrons. The van der Waals surface area contributed by atoms with Crippen LogP contribution in [0.15, 0.2) is 83.6 Å². The van der Waals surface area contributed by atoms with E-state index in [1.54, 1.807) is 53.6 Å². The van der Waals surface area contributed by atoms with Crippen LogP contribution in [-0.2, 0) is 24.4 Å². The van der Waals surface area contributed by atoms with Crippen molar-refractivity contribution in [3.8, 4) is 22.9 Å². The van der Waals surface area contributed by atoms with E-state index in [-0.39, 0.29) is 34.8 Å². The number of carbonyl (C=O) groups excluding carboxylic acids is 2. The van der Waals surface area contributed by atoms with Crippen LogP contribution in [-0.4, -0.2) is 98.6 Å². The van der Waals surface area contributed by atoms with E-state index in [0.717, 1.165) is 79.8 Å². The monoisotopic (exact) mass is 791 g/mol. The number of hydrogen-bond acceptors (Lipinski definition) is 7. The van der Waals surface area contributed by atoms with E-state index in [4.69, 9.17) is 0 Å². The Bertz CT molecular complexity index is 2190. The fourth-order valence-electron chi connectivity index (χ4n) is 8.01. The molecular formula is C44H52BF2N7O4. The van der Waals surface area contributed by atoms with Crippen LogP contribution in [0.3, 0.4) is 0 Å². The smallest absolute Gasteiger partial charge is 0.508 e. The van der Waals surface area contributed by atoms with E-state index in [1.165, 1.54) is 11.6 Å². The summed E-state index contributed by atoms with van der Waals surface area (Å²) in [5.74, 6) is -0.437. The Morgan fingerprint density at radius 3 is 2.48 bits per heavy atom. The molecule has 14 heteroatoms. The number of amides is 2. The molecule has 58 heavy (non-hydrogen) atoms. The quantitative estimate of drug-likeness (QED) is 0.0704. The number of hydrogen-bond donors (Lipinski definition) is 4. The molecule has 1 saturated heterocycles. The van der Waals surface area contributed by atoms with Gasteiger partial charge in [-0.1, -0.05) is 38.5 Å². The number of nitrogens with zero attached hydrogens (tertiary/aromatic N) is 5. The maximum absolute atomic E-state index is 13.9. The summed E-state index contributed by atoms with van der Waals surface area (Å²) in [6.45, 7) is 11.4. The lowest BCUT2D eigenvalue weighted by Gasteiger charge is -2.34. The van der Waals surface area contributed by atoms with Crippen LogP contribution in [0.1, 0.15) is 90.2 Å². The summed E-state index contributed by atoms with van der Waals surface area (Å²) in [6.07, 6.45) is 10.8. The van der Waals surface area contributed by atoms with Gasteiger partial charge in [0.25, 0.3) is 5.91 Å². The zero-order valence-corrected chi connectivity index (χ0v) is 33.3. The average molecular weight is 792 g/mol. The van der Waals surface area contributed by atoms with Gasteiger partial charge < -0.3 is 34.8 Å². The minimum absolute atomic E-state index is 0.000267. The molecule has 0 unspecified atom stereocenters. The number of carbonyl (C=O) groups is 2. The minimum Gasteiger partial charge on any atom is -0.508 e. The fourth-order valence-corrected chi connectivity index (χ4v) is 8.01. The van der Waals surface area contributed by atoms with Gasteiger partial charge in [0.2, 0.25) is 5.91 Å². The summed E-state index contributed by atoms with van der Waals surface area (Å²) in [4.78, 5) is 40.2. The molecule has 0 spiro atoms. The summed E-state index contributed by atoms with van der Waals surface area (Å²) in [6, 6.07) is 16.2. The van der Waals surface area contributed by atoms with Gasteiger partial charge in [-0.2, -0.15) is 0 Å². The highest BCUT2D eigenvalue weighted by Gasteiger charge is 2.28. The molecule has 7 rings (SSSR count). The lowest BCUT2D eigenvalue weighted by Crippen LogP contribution is -2.46. The molecule has 4 N–H and O–H groups in total. The molecule has 0 atom stereocenters. The fraction of sp³-hybridized carbons (Fsp3) is 0.386. The highest BCUT2D eigenvalue weighted by Crippen LogP contribution is 2.35. The summed E-state index contributed by atoms with van der Waals surface area (Å²) in [5, 5.41) is 23.7. The van der Waals surface area contributed by atoms with Crippen LogP contribution >= 0.6 is 0 Å². The van der Waals surface area contributed by atoms with Crippen LogP contribution in [0.4, 0.5) is 8.63 Å². The number of fused-ring (bicyclic) bond motifs is 1. The topological polar surface area (TPSA) is 129 Å². The second-order valence-corrected chi connectivity index (χ2v) is 15.8. The number of piperazine rings is 1. The first-order valence-electron chi connectivity index (χ1n) is 20.3. The van der Waals surface area contributed by atoms with E-state index >= 15 is 0 Å². The van der Waals surface area contributed by atoms with Crippen molar-refractivity contribution in [2.75, 3.05) is 39.3 Å². The molecule has 2 aromatic carbocycles. The van der Waals surface area contributed by atoms with Gasteiger partial charge >= 0.3 is 7.40 Å². The number of aromatic hydroxyl groups is 2. The highest BCUT2D eigenvalue weighted by atomic mass is 19.2. The normalized spacial score (nSPS) is 16.4. The summed E-state index contributed by atoms with van der Waals surface area (Å²) in [7, 11) is -2.70. The van der Waals surface area contributed by atoms with Crippen molar-refractivity contribution in [3.05, 3.63) is 112 Å². The van der Waals surface area contributed by atoms with Crippen molar-refractivity contribution in [1.29, 1.82) is 0 Å². The number of aromatic amines is 1. The first-order chi connectivity index (χ1) is 28.0. The van der Waals surface area contributed by atoms with Crippen LogP contribution < -0.4 is 5.32 Å². The summed E-state index contributed by atoms with van der Waals surface area (Å²) < 4.78 is 28.8. The van der Waals surface area contributed by atoms with Crippen molar-refractivity contribution >= 4 is 31.0 Å². The van der Waals surface area contributed by atoms with Gasteiger partial charge in [-0.15, -0.1) is 0 Å². The predicted molar refractivity (Wildman–Crippen MR) is 224 cm³/mol. The Hall–Kier alpha value is -5.47. The van der Waals surface area contributed by atoms with E-state index in [0.29, 0.717) is 60.8 Å². The number of phenols is 2. The van der Waals surface area contributed by atoms with E-state index in [1.807, 2.05) is 19.9 Å². The Kier molecular flexibility index (Phi) is 12.9. The molecule has 11 nitrogen and oxygen atoms in total. The first-order valence-corrected chi connectivity index (χ1v) is 20.3. The maximum Gasteiger partial charge on any atom is 0.678 e. The Morgan fingerprint density at radius 1 is 0.931 bits per heavy atom. The van der Waals surface area contributed by atoms with Crippen molar-refractivity contribution < 1.29 is 28.4 Å². The van der Waals surface area contributed by atoms with Gasteiger partial charge in [0, 0.05) is 82.4 Å². The Balaban J connectivity index is 0.765. The second-order valence-electron chi connectivity index (χ2n) is 15.8. The zero-order valence-electron chi connectivity index (χ0n) is 33.3. The van der Waals surface area contributed by atoms with Gasteiger partial charge in [0.1, 0.15) is 11.5 Å². The molecule has 0 bridgehead atoms. The SMILES string of the molecule is CC(C)c1cc(C(=O)N2Cc3ccc(CN4CCN(CCCCCNC(=O)CCC5=N/C(=C\c6ccc(-c7ccc[nH]7)n6B(F)F)C=C5)CC4)cc3C2)c(O)cc1O. The first kappa shape index (κ1) is 40.7. The summed E-state index contributed by atoms with van der Waals surface area (Å²) >= 11 is 0. The largest absolute Gasteiger partial charge is 0.678 e. The van der Waals surface area contributed by atoms with Gasteiger partial charge in [0.05, 0.1) is 22.6 Å². The Morgan fingerprint density at radius 2 is 1.72 bits per heavy atom. The number of benzene rings is 2. The van der Waals surface area contributed by atoms with Gasteiger partial charge in [-0.05, 0) is 103 Å². The van der Waals surface area contributed by atoms with Gasteiger partial charge in [0.15, 0.2) is 0 Å². The Labute approximate surface area is 339 Å². The second kappa shape index (κ2) is 18.4. The lowest BCUT2D eigenvalue weighted by atomic mass is 9.98. The molecule has 3 aliphatic heterocycles. The maximum atomic E-state index is 13.9. The van der Waals surface area contributed by atoms with Gasteiger partial charge in [-0.3, -0.25) is 28.1 Å². The zero-order chi connectivity index (χ0) is 40.8. The van der Waals surface area contributed by atoms with Crippen LogP contribution in [0.2, 0.25) is 0 Å². The molecule has 5 heterocycles. The number of H-pyrrole nitrogens is 1. The number of allylic oxidation sites excluding steroid dienone is 2. The molecule has 2 amide bonds. The molecule has 0 saturated carbocycles. The number of aromatic nitrogens is 2. The third-order valence-corrected chi connectivity index (χ3v) is 11.3. The van der Waals surface area contributed by atoms with Crippen molar-refractivity contribution in [2.45, 2.75) is 71.5 Å². The predicted octanol–water partition coefficient (Wildman–Crippen LogP) is 7.18. The third-order valence-electron chi connectivity index (χ3n) is 11.3. The van der Waals surface area contributed by atoms with Crippen LogP contribution in [0.5, 0.6) is 11.5 Å².